The number of ether oxygens (including phenoxy) is 1. The number of aliphatic hydroxyl groups excluding tert-OH is 1. The van der Waals surface area contributed by atoms with Gasteiger partial charge in [0.05, 0.1) is 32.1 Å². The minimum Gasteiger partial charge on any atom is -0.459 e. The molecule has 1 aliphatic rings. The van der Waals surface area contributed by atoms with Crippen molar-refractivity contribution in [2.45, 2.75) is 19.6 Å². The lowest BCUT2D eigenvalue weighted by molar-refractivity contribution is 0.0329. The number of amides is 1. The first-order valence-electron chi connectivity index (χ1n) is 10.3. The quantitative estimate of drug-likeness (QED) is 0.302. The topological polar surface area (TPSA) is 90.5 Å². The Labute approximate surface area is 200 Å². The van der Waals surface area contributed by atoms with Gasteiger partial charge < -0.3 is 29.4 Å². The Hall–Kier alpha value is -2.11. The minimum absolute atomic E-state index is 0. The van der Waals surface area contributed by atoms with Crippen molar-refractivity contribution in [1.82, 2.24) is 15.1 Å². The second-order valence-electron chi connectivity index (χ2n) is 7.11. The highest BCUT2D eigenvalue weighted by Gasteiger charge is 2.25. The number of nitrogens with one attached hydrogen (secondary N) is 1. The molecule has 31 heavy (non-hydrogen) atoms. The zero-order valence-corrected chi connectivity index (χ0v) is 20.1. The molecule has 9 heteroatoms. The lowest BCUT2D eigenvalue weighted by Crippen LogP contribution is -2.54. The number of piperazine rings is 1. The molecule has 170 valence electrons. The highest BCUT2D eigenvalue weighted by molar-refractivity contribution is 14.0. The van der Waals surface area contributed by atoms with Gasteiger partial charge in [0.15, 0.2) is 11.7 Å². The van der Waals surface area contributed by atoms with Crippen LogP contribution in [0.1, 0.15) is 23.0 Å². The van der Waals surface area contributed by atoms with Gasteiger partial charge in [-0.25, -0.2) is 0 Å². The maximum atomic E-state index is 12.4. The van der Waals surface area contributed by atoms with E-state index in [1.165, 1.54) is 6.26 Å². The Morgan fingerprint density at radius 1 is 1.16 bits per heavy atom. The second-order valence-corrected chi connectivity index (χ2v) is 7.11. The van der Waals surface area contributed by atoms with Crippen molar-refractivity contribution in [3.05, 3.63) is 60.1 Å². The SMILES string of the molecule is CCNC(=NCC(O)COCc1ccccc1)N1CCN(C(=O)c2ccco2)CC1.I. The molecule has 2 heterocycles. The molecular weight excluding hydrogens is 511 g/mol. The first-order valence-corrected chi connectivity index (χ1v) is 10.3. The molecule has 0 bridgehead atoms. The number of hydrogen-bond acceptors (Lipinski definition) is 5. The number of aliphatic hydroxyl groups is 1. The first kappa shape index (κ1) is 25.2. The molecule has 0 spiro atoms. The number of rotatable bonds is 8. The lowest BCUT2D eigenvalue weighted by Gasteiger charge is -2.36. The van der Waals surface area contributed by atoms with E-state index in [9.17, 15) is 9.90 Å². The van der Waals surface area contributed by atoms with E-state index in [4.69, 9.17) is 9.15 Å². The Kier molecular flexibility index (Phi) is 10.8. The summed E-state index contributed by atoms with van der Waals surface area (Å²) in [5.74, 6) is 1.01. The monoisotopic (exact) mass is 542 g/mol. The van der Waals surface area contributed by atoms with Crippen molar-refractivity contribution < 1.29 is 19.1 Å². The standard InChI is InChI=1S/C22H30N4O4.HI/c1-2-23-22(24-15-19(27)17-29-16-18-7-4-3-5-8-18)26-12-10-25(11-13-26)21(28)20-9-6-14-30-20;/h3-9,14,19,27H,2,10-13,15-17H2,1H3,(H,23,24);1H. The van der Waals surface area contributed by atoms with E-state index in [0.717, 1.165) is 18.1 Å². The molecule has 3 rings (SSSR count). The van der Waals surface area contributed by atoms with Gasteiger partial charge in [0.1, 0.15) is 0 Å². The molecule has 1 unspecified atom stereocenters. The Bertz CT molecular complexity index is 793. The van der Waals surface area contributed by atoms with Crippen LogP contribution in [0.15, 0.2) is 58.1 Å². The predicted molar refractivity (Wildman–Crippen MR) is 130 cm³/mol. The van der Waals surface area contributed by atoms with Crippen molar-refractivity contribution >= 4 is 35.8 Å². The number of nitrogens with zero attached hydrogens (tertiary/aromatic N) is 3. The summed E-state index contributed by atoms with van der Waals surface area (Å²) in [7, 11) is 0. The van der Waals surface area contributed by atoms with Crippen LogP contribution in [-0.4, -0.2) is 78.8 Å². The number of furan rings is 1. The van der Waals surface area contributed by atoms with Gasteiger partial charge in [-0.15, -0.1) is 24.0 Å². The van der Waals surface area contributed by atoms with E-state index >= 15 is 0 Å². The largest absolute Gasteiger partial charge is 0.459 e. The van der Waals surface area contributed by atoms with Crippen LogP contribution in [0, 0.1) is 0 Å². The van der Waals surface area contributed by atoms with Crippen molar-refractivity contribution in [2.24, 2.45) is 4.99 Å². The highest BCUT2D eigenvalue weighted by Crippen LogP contribution is 2.10. The van der Waals surface area contributed by atoms with E-state index in [0.29, 0.717) is 38.5 Å². The number of aliphatic imine (C=N–C) groups is 1. The molecule has 8 nitrogen and oxygen atoms in total. The molecule has 1 aliphatic heterocycles. The molecule has 1 aromatic carbocycles. The highest BCUT2D eigenvalue weighted by atomic mass is 127. The van der Waals surface area contributed by atoms with Gasteiger partial charge in [0.2, 0.25) is 0 Å². The third kappa shape index (κ3) is 7.82. The second kappa shape index (κ2) is 13.3. The van der Waals surface area contributed by atoms with Gasteiger partial charge in [-0.3, -0.25) is 9.79 Å². The van der Waals surface area contributed by atoms with Crippen molar-refractivity contribution in [3.63, 3.8) is 0 Å². The van der Waals surface area contributed by atoms with Gasteiger partial charge >= 0.3 is 0 Å². The van der Waals surface area contributed by atoms with Crippen molar-refractivity contribution in [2.75, 3.05) is 45.9 Å². The van der Waals surface area contributed by atoms with Crippen molar-refractivity contribution in [1.29, 1.82) is 0 Å². The summed E-state index contributed by atoms with van der Waals surface area (Å²) in [6.07, 6.45) is 0.832. The number of hydrogen-bond donors (Lipinski definition) is 2. The summed E-state index contributed by atoms with van der Waals surface area (Å²) < 4.78 is 10.8. The molecule has 0 aliphatic carbocycles. The minimum atomic E-state index is -0.677. The normalized spacial score (nSPS) is 15.4. The number of guanidine groups is 1. The molecule has 1 saturated heterocycles. The Morgan fingerprint density at radius 2 is 1.87 bits per heavy atom. The summed E-state index contributed by atoms with van der Waals surface area (Å²) in [5, 5.41) is 13.5. The molecule has 1 atom stereocenters. The van der Waals surface area contributed by atoms with E-state index in [1.54, 1.807) is 17.0 Å². The summed E-state index contributed by atoms with van der Waals surface area (Å²) in [4.78, 5) is 20.9. The van der Waals surface area contributed by atoms with E-state index in [2.05, 4.69) is 15.2 Å². The van der Waals surface area contributed by atoms with Gasteiger partial charge in [0.25, 0.3) is 5.91 Å². The predicted octanol–water partition coefficient (Wildman–Crippen LogP) is 2.20. The van der Waals surface area contributed by atoms with E-state index in [-0.39, 0.29) is 43.0 Å². The molecule has 0 radical (unpaired) electrons. The molecule has 1 fully saturated rings. The Balaban J connectivity index is 0.00000341. The van der Waals surface area contributed by atoms with Gasteiger partial charge in [0, 0.05) is 32.7 Å². The number of benzene rings is 1. The van der Waals surface area contributed by atoms with Crippen LogP contribution in [0.25, 0.3) is 0 Å². The van der Waals surface area contributed by atoms with E-state index < -0.39 is 6.10 Å². The number of carbonyl (C=O) groups excluding carboxylic acids is 1. The van der Waals surface area contributed by atoms with Crippen LogP contribution in [0.3, 0.4) is 0 Å². The zero-order valence-electron chi connectivity index (χ0n) is 17.8. The van der Waals surface area contributed by atoms with Crippen LogP contribution >= 0.6 is 24.0 Å². The van der Waals surface area contributed by atoms with Crippen LogP contribution in [0.5, 0.6) is 0 Å². The fraction of sp³-hybridized carbons (Fsp3) is 0.455. The molecule has 2 N–H and O–H groups in total. The van der Waals surface area contributed by atoms with Crippen LogP contribution in [-0.2, 0) is 11.3 Å². The maximum Gasteiger partial charge on any atom is 0.289 e. The first-order chi connectivity index (χ1) is 14.7. The summed E-state index contributed by atoms with van der Waals surface area (Å²) in [6.45, 7) is 6.19. The molecular formula is C22H31IN4O4. The fourth-order valence-corrected chi connectivity index (χ4v) is 3.23. The Morgan fingerprint density at radius 3 is 2.52 bits per heavy atom. The third-order valence-electron chi connectivity index (χ3n) is 4.81. The van der Waals surface area contributed by atoms with Crippen molar-refractivity contribution in [3.8, 4) is 0 Å². The third-order valence-corrected chi connectivity index (χ3v) is 4.81. The summed E-state index contributed by atoms with van der Waals surface area (Å²) >= 11 is 0. The number of carbonyl (C=O) groups is 1. The molecule has 0 saturated carbocycles. The van der Waals surface area contributed by atoms with Gasteiger partial charge in [-0.2, -0.15) is 0 Å². The molecule has 1 amide bonds. The van der Waals surface area contributed by atoms with Crippen LogP contribution in [0.4, 0.5) is 0 Å². The van der Waals surface area contributed by atoms with Crippen LogP contribution < -0.4 is 5.32 Å². The van der Waals surface area contributed by atoms with E-state index in [1.807, 2.05) is 37.3 Å². The fourth-order valence-electron chi connectivity index (χ4n) is 3.23. The molecule has 2 aromatic rings. The number of halogens is 1. The lowest BCUT2D eigenvalue weighted by atomic mass is 10.2. The van der Waals surface area contributed by atoms with Gasteiger partial charge in [-0.1, -0.05) is 30.3 Å². The average Bonchev–Trinajstić information content (AvgIpc) is 3.32. The smallest absolute Gasteiger partial charge is 0.289 e. The zero-order chi connectivity index (χ0) is 21.2. The van der Waals surface area contributed by atoms with Crippen LogP contribution in [0.2, 0.25) is 0 Å². The molecule has 1 aromatic heterocycles. The van der Waals surface area contributed by atoms with Gasteiger partial charge in [-0.05, 0) is 24.6 Å². The maximum absolute atomic E-state index is 12.4. The summed E-state index contributed by atoms with van der Waals surface area (Å²) in [6, 6.07) is 13.3. The average molecular weight is 542 g/mol. The summed E-state index contributed by atoms with van der Waals surface area (Å²) in [5.41, 5.74) is 1.07.